The minimum atomic E-state index is -0.616. The highest BCUT2D eigenvalue weighted by Gasteiger charge is 2.19. The third-order valence-corrected chi connectivity index (χ3v) is 4.30. The van der Waals surface area contributed by atoms with Crippen LogP contribution in [0.5, 0.6) is 5.75 Å². The highest BCUT2D eigenvalue weighted by atomic mass is 79.9. The van der Waals surface area contributed by atoms with Gasteiger partial charge in [0.2, 0.25) is 5.82 Å². The summed E-state index contributed by atoms with van der Waals surface area (Å²) in [7, 11) is 1.58. The van der Waals surface area contributed by atoms with Crippen LogP contribution in [0.4, 0.5) is 5.69 Å². The largest absolute Gasteiger partial charge is 0.497 e. The number of hydrogen-bond donors (Lipinski definition) is 1. The van der Waals surface area contributed by atoms with Crippen LogP contribution in [0.2, 0.25) is 0 Å². The van der Waals surface area contributed by atoms with Gasteiger partial charge in [-0.25, -0.2) is 0 Å². The SMILES string of the molecule is COc1cccc(NC(=O)C(C)n2nnc(-c3ccccc3Br)n2)c1. The molecule has 1 aromatic heterocycles. The summed E-state index contributed by atoms with van der Waals surface area (Å²) in [5, 5.41) is 15.2. The van der Waals surface area contributed by atoms with Gasteiger partial charge >= 0.3 is 0 Å². The van der Waals surface area contributed by atoms with E-state index in [0.717, 1.165) is 10.0 Å². The number of nitrogens with one attached hydrogen (secondary N) is 1. The summed E-state index contributed by atoms with van der Waals surface area (Å²) in [5.41, 5.74) is 1.46. The molecule has 0 saturated heterocycles. The van der Waals surface area contributed by atoms with Crippen LogP contribution in [0.3, 0.4) is 0 Å². The van der Waals surface area contributed by atoms with Crippen LogP contribution >= 0.6 is 15.9 Å². The van der Waals surface area contributed by atoms with Gasteiger partial charge in [0.1, 0.15) is 11.8 Å². The molecule has 0 aliphatic heterocycles. The van der Waals surface area contributed by atoms with Crippen molar-refractivity contribution in [3.63, 3.8) is 0 Å². The standard InChI is InChI=1S/C17H16BrN5O2/c1-11(17(24)19-12-6-5-7-13(10-12)25-2)23-21-16(20-22-23)14-8-3-4-9-15(14)18/h3-11H,1-2H3,(H,19,24). The molecule has 0 bridgehead atoms. The predicted molar refractivity (Wildman–Crippen MR) is 97.3 cm³/mol. The molecule has 128 valence electrons. The average molecular weight is 402 g/mol. The molecule has 1 unspecified atom stereocenters. The fourth-order valence-corrected chi connectivity index (χ4v) is 2.65. The summed E-state index contributed by atoms with van der Waals surface area (Å²) < 4.78 is 6.01. The molecule has 0 saturated carbocycles. The summed E-state index contributed by atoms with van der Waals surface area (Å²) in [6.07, 6.45) is 0. The van der Waals surface area contributed by atoms with E-state index in [-0.39, 0.29) is 5.91 Å². The first-order valence-electron chi connectivity index (χ1n) is 7.58. The van der Waals surface area contributed by atoms with E-state index in [1.807, 2.05) is 30.3 Å². The number of hydrogen-bond acceptors (Lipinski definition) is 5. The second kappa shape index (κ2) is 7.43. The van der Waals surface area contributed by atoms with Gasteiger partial charge in [-0.1, -0.05) is 34.1 Å². The molecule has 2 aromatic carbocycles. The van der Waals surface area contributed by atoms with Crippen molar-refractivity contribution >= 4 is 27.5 Å². The van der Waals surface area contributed by atoms with Crippen molar-refractivity contribution in [3.8, 4) is 17.1 Å². The Balaban J connectivity index is 1.75. The molecule has 8 heteroatoms. The summed E-state index contributed by atoms with van der Waals surface area (Å²) in [4.78, 5) is 13.7. The lowest BCUT2D eigenvalue weighted by molar-refractivity contribution is -0.119. The van der Waals surface area contributed by atoms with Gasteiger partial charge < -0.3 is 10.1 Å². The number of tetrazole rings is 1. The maximum Gasteiger partial charge on any atom is 0.250 e. The van der Waals surface area contributed by atoms with Crippen molar-refractivity contribution < 1.29 is 9.53 Å². The van der Waals surface area contributed by atoms with Crippen LogP contribution in [0.15, 0.2) is 53.0 Å². The maximum atomic E-state index is 12.4. The quantitative estimate of drug-likeness (QED) is 0.708. The van der Waals surface area contributed by atoms with Gasteiger partial charge in [-0.3, -0.25) is 4.79 Å². The predicted octanol–water partition coefficient (Wildman–Crippen LogP) is 3.31. The fraction of sp³-hybridized carbons (Fsp3) is 0.176. The molecule has 0 radical (unpaired) electrons. The number of rotatable bonds is 5. The first-order valence-corrected chi connectivity index (χ1v) is 8.37. The number of carbonyl (C=O) groups excluding carboxylic acids is 1. The number of anilines is 1. The number of benzene rings is 2. The Morgan fingerprint density at radius 2 is 2.04 bits per heavy atom. The minimum absolute atomic E-state index is 0.246. The molecular weight excluding hydrogens is 386 g/mol. The zero-order chi connectivity index (χ0) is 17.8. The van der Waals surface area contributed by atoms with Gasteiger partial charge in [0.15, 0.2) is 0 Å². The highest BCUT2D eigenvalue weighted by Crippen LogP contribution is 2.24. The third-order valence-electron chi connectivity index (χ3n) is 3.61. The lowest BCUT2D eigenvalue weighted by Crippen LogP contribution is -2.25. The number of amides is 1. The third kappa shape index (κ3) is 3.85. The highest BCUT2D eigenvalue weighted by molar-refractivity contribution is 9.10. The normalized spacial score (nSPS) is 11.8. The smallest absolute Gasteiger partial charge is 0.250 e. The van der Waals surface area contributed by atoms with Crippen LogP contribution in [0.25, 0.3) is 11.4 Å². The Kier molecular flexibility index (Phi) is 5.08. The first kappa shape index (κ1) is 17.1. The molecule has 1 N–H and O–H groups in total. The van der Waals surface area contributed by atoms with Crippen LogP contribution in [-0.4, -0.2) is 33.2 Å². The monoisotopic (exact) mass is 401 g/mol. The molecule has 1 heterocycles. The minimum Gasteiger partial charge on any atom is -0.497 e. The van der Waals surface area contributed by atoms with E-state index in [0.29, 0.717) is 17.3 Å². The molecule has 1 atom stereocenters. The van der Waals surface area contributed by atoms with Crippen molar-refractivity contribution in [2.75, 3.05) is 12.4 Å². The number of nitrogens with zero attached hydrogens (tertiary/aromatic N) is 4. The second-order valence-electron chi connectivity index (χ2n) is 5.31. The molecule has 3 rings (SSSR count). The van der Waals surface area contributed by atoms with E-state index in [2.05, 4.69) is 36.7 Å². The fourth-order valence-electron chi connectivity index (χ4n) is 2.19. The Hall–Kier alpha value is -2.74. The lowest BCUT2D eigenvalue weighted by atomic mass is 10.2. The van der Waals surface area contributed by atoms with Crippen molar-refractivity contribution in [1.82, 2.24) is 20.2 Å². The average Bonchev–Trinajstić information content (AvgIpc) is 3.11. The summed E-state index contributed by atoms with van der Waals surface area (Å²) in [6, 6.07) is 14.1. The lowest BCUT2D eigenvalue weighted by Gasteiger charge is -2.11. The van der Waals surface area contributed by atoms with Crippen molar-refractivity contribution in [2.45, 2.75) is 13.0 Å². The number of ether oxygens (including phenoxy) is 1. The van der Waals surface area contributed by atoms with Gasteiger partial charge in [0.05, 0.1) is 7.11 Å². The zero-order valence-electron chi connectivity index (χ0n) is 13.7. The Bertz CT molecular complexity index is 896. The molecule has 0 spiro atoms. The Morgan fingerprint density at radius 1 is 1.24 bits per heavy atom. The maximum absolute atomic E-state index is 12.4. The second-order valence-corrected chi connectivity index (χ2v) is 6.16. The number of aromatic nitrogens is 4. The van der Waals surface area contributed by atoms with Gasteiger partial charge in [0.25, 0.3) is 5.91 Å². The summed E-state index contributed by atoms with van der Waals surface area (Å²) in [6.45, 7) is 1.71. The molecule has 7 nitrogen and oxygen atoms in total. The summed E-state index contributed by atoms with van der Waals surface area (Å²) in [5.74, 6) is 0.874. The van der Waals surface area contributed by atoms with E-state index < -0.39 is 6.04 Å². The zero-order valence-corrected chi connectivity index (χ0v) is 15.3. The molecule has 3 aromatic rings. The van der Waals surface area contributed by atoms with Crippen LogP contribution in [0.1, 0.15) is 13.0 Å². The van der Waals surface area contributed by atoms with Gasteiger partial charge in [0, 0.05) is 21.8 Å². The van der Waals surface area contributed by atoms with Crippen LogP contribution in [-0.2, 0) is 4.79 Å². The molecule has 25 heavy (non-hydrogen) atoms. The van der Waals surface area contributed by atoms with E-state index in [1.165, 1.54) is 4.80 Å². The Morgan fingerprint density at radius 3 is 2.80 bits per heavy atom. The Labute approximate surface area is 153 Å². The summed E-state index contributed by atoms with van der Waals surface area (Å²) >= 11 is 3.46. The topological polar surface area (TPSA) is 81.9 Å². The number of methoxy groups -OCH3 is 1. The van der Waals surface area contributed by atoms with E-state index >= 15 is 0 Å². The van der Waals surface area contributed by atoms with Gasteiger partial charge in [-0.2, -0.15) is 4.80 Å². The van der Waals surface area contributed by atoms with Crippen LogP contribution in [0, 0.1) is 0 Å². The van der Waals surface area contributed by atoms with Crippen molar-refractivity contribution in [1.29, 1.82) is 0 Å². The number of halogens is 1. The molecule has 0 fully saturated rings. The van der Waals surface area contributed by atoms with E-state index in [4.69, 9.17) is 4.74 Å². The van der Waals surface area contributed by atoms with E-state index in [1.54, 1.807) is 32.2 Å². The number of carbonyl (C=O) groups is 1. The van der Waals surface area contributed by atoms with Crippen molar-refractivity contribution in [2.24, 2.45) is 0 Å². The molecule has 0 aliphatic carbocycles. The van der Waals surface area contributed by atoms with Crippen LogP contribution < -0.4 is 10.1 Å². The molecule has 1 amide bonds. The molecule has 0 aliphatic rings. The van der Waals surface area contributed by atoms with Crippen molar-refractivity contribution in [3.05, 3.63) is 53.0 Å². The first-order chi connectivity index (χ1) is 12.1. The van der Waals surface area contributed by atoms with Gasteiger partial charge in [-0.05, 0) is 36.4 Å². The van der Waals surface area contributed by atoms with E-state index in [9.17, 15) is 4.79 Å². The van der Waals surface area contributed by atoms with Gasteiger partial charge in [-0.15, -0.1) is 10.2 Å². The molecular formula is C17H16BrN5O2.